The number of ether oxygens (including phenoxy) is 4. The predicted molar refractivity (Wildman–Crippen MR) is 93.1 cm³/mol. The standard InChI is InChI=1S/C17H18BrNO5/c1-21-13-6-4-5-11(17(19)20)16(13)24-9-10-7-14(22-2)15(23-3)8-12(10)18/h4-8H,9H2,1-3H3,(H2,19,20). The predicted octanol–water partition coefficient (Wildman–Crippen LogP) is 3.15. The number of hydrogen-bond donors (Lipinski definition) is 1. The molecule has 0 unspecified atom stereocenters. The Labute approximate surface area is 148 Å². The Morgan fingerprint density at radius 1 is 1.04 bits per heavy atom. The molecule has 24 heavy (non-hydrogen) atoms. The summed E-state index contributed by atoms with van der Waals surface area (Å²) >= 11 is 3.47. The fourth-order valence-corrected chi connectivity index (χ4v) is 2.61. The zero-order chi connectivity index (χ0) is 17.7. The Morgan fingerprint density at radius 2 is 1.67 bits per heavy atom. The average molecular weight is 396 g/mol. The van der Waals surface area contributed by atoms with Crippen LogP contribution in [0.3, 0.4) is 0 Å². The molecule has 0 aliphatic heterocycles. The van der Waals surface area contributed by atoms with Crippen molar-refractivity contribution in [1.82, 2.24) is 0 Å². The Balaban J connectivity index is 2.33. The van der Waals surface area contributed by atoms with Gasteiger partial charge < -0.3 is 24.7 Å². The van der Waals surface area contributed by atoms with E-state index in [1.807, 2.05) is 0 Å². The number of rotatable bonds is 7. The highest BCUT2D eigenvalue weighted by Gasteiger charge is 2.16. The second-order valence-corrected chi connectivity index (χ2v) is 5.64. The highest BCUT2D eigenvalue weighted by atomic mass is 79.9. The van der Waals surface area contributed by atoms with Gasteiger partial charge in [0.15, 0.2) is 23.0 Å². The summed E-state index contributed by atoms with van der Waals surface area (Å²) in [6, 6.07) is 8.55. The number of halogens is 1. The summed E-state index contributed by atoms with van der Waals surface area (Å²) in [6.45, 7) is 0.182. The molecule has 0 spiro atoms. The Hall–Kier alpha value is -2.41. The van der Waals surface area contributed by atoms with Crippen LogP contribution >= 0.6 is 15.9 Å². The van der Waals surface area contributed by atoms with E-state index in [1.54, 1.807) is 44.6 Å². The Morgan fingerprint density at radius 3 is 2.25 bits per heavy atom. The van der Waals surface area contributed by atoms with E-state index < -0.39 is 5.91 Å². The van der Waals surface area contributed by atoms with Gasteiger partial charge >= 0.3 is 0 Å². The molecule has 0 aliphatic carbocycles. The van der Waals surface area contributed by atoms with E-state index in [1.165, 1.54) is 7.11 Å². The molecule has 0 aromatic heterocycles. The van der Waals surface area contributed by atoms with Crippen molar-refractivity contribution in [1.29, 1.82) is 0 Å². The van der Waals surface area contributed by atoms with Gasteiger partial charge in [-0.15, -0.1) is 0 Å². The molecular weight excluding hydrogens is 378 g/mol. The molecule has 2 rings (SSSR count). The van der Waals surface area contributed by atoms with Crippen LogP contribution in [0.1, 0.15) is 15.9 Å². The van der Waals surface area contributed by atoms with Gasteiger partial charge in [-0.2, -0.15) is 0 Å². The summed E-state index contributed by atoms with van der Waals surface area (Å²) < 4.78 is 22.4. The molecule has 0 bridgehead atoms. The maximum atomic E-state index is 11.6. The molecule has 2 N–H and O–H groups in total. The minimum absolute atomic E-state index is 0.182. The van der Waals surface area contributed by atoms with Gasteiger partial charge in [0.05, 0.1) is 26.9 Å². The topological polar surface area (TPSA) is 80.0 Å². The van der Waals surface area contributed by atoms with Crippen molar-refractivity contribution in [3.8, 4) is 23.0 Å². The van der Waals surface area contributed by atoms with Crippen LogP contribution < -0.4 is 24.7 Å². The molecule has 0 fully saturated rings. The summed E-state index contributed by atoms with van der Waals surface area (Å²) in [5, 5.41) is 0. The van der Waals surface area contributed by atoms with Crippen molar-refractivity contribution < 1.29 is 23.7 Å². The normalized spacial score (nSPS) is 10.2. The van der Waals surface area contributed by atoms with Crippen molar-refractivity contribution in [3.05, 3.63) is 45.9 Å². The largest absolute Gasteiger partial charge is 0.493 e. The quantitative estimate of drug-likeness (QED) is 0.778. The number of primary amides is 1. The lowest BCUT2D eigenvalue weighted by molar-refractivity contribution is 0.0995. The van der Waals surface area contributed by atoms with Gasteiger partial charge in [0, 0.05) is 10.0 Å². The number of hydrogen-bond acceptors (Lipinski definition) is 5. The smallest absolute Gasteiger partial charge is 0.252 e. The van der Waals surface area contributed by atoms with Crippen LogP contribution in [0.4, 0.5) is 0 Å². The molecule has 128 valence electrons. The number of benzene rings is 2. The van der Waals surface area contributed by atoms with Crippen molar-refractivity contribution in [2.75, 3.05) is 21.3 Å². The van der Waals surface area contributed by atoms with Crippen LogP contribution in [0.2, 0.25) is 0 Å². The Kier molecular flexibility index (Phi) is 5.92. The second-order valence-electron chi connectivity index (χ2n) is 4.79. The lowest BCUT2D eigenvalue weighted by atomic mass is 10.1. The zero-order valence-electron chi connectivity index (χ0n) is 13.6. The van der Waals surface area contributed by atoms with Gasteiger partial charge in [-0.25, -0.2) is 0 Å². The first kappa shape index (κ1) is 17.9. The molecule has 0 aliphatic rings. The highest BCUT2D eigenvalue weighted by molar-refractivity contribution is 9.10. The van der Waals surface area contributed by atoms with E-state index in [0.717, 1.165) is 10.0 Å². The monoisotopic (exact) mass is 395 g/mol. The van der Waals surface area contributed by atoms with E-state index in [-0.39, 0.29) is 12.2 Å². The van der Waals surface area contributed by atoms with Crippen molar-refractivity contribution >= 4 is 21.8 Å². The maximum Gasteiger partial charge on any atom is 0.252 e. The molecule has 1 amide bonds. The van der Waals surface area contributed by atoms with Crippen LogP contribution in [0.15, 0.2) is 34.8 Å². The SMILES string of the molecule is COc1cc(Br)c(COc2c(OC)cccc2C(N)=O)cc1OC. The zero-order valence-corrected chi connectivity index (χ0v) is 15.2. The first-order chi connectivity index (χ1) is 11.5. The van der Waals surface area contributed by atoms with Gasteiger partial charge in [-0.05, 0) is 24.3 Å². The van der Waals surface area contributed by atoms with E-state index in [4.69, 9.17) is 24.7 Å². The van der Waals surface area contributed by atoms with E-state index >= 15 is 0 Å². The molecule has 0 saturated heterocycles. The average Bonchev–Trinajstić information content (AvgIpc) is 2.59. The van der Waals surface area contributed by atoms with Crippen molar-refractivity contribution in [2.24, 2.45) is 5.73 Å². The molecule has 0 radical (unpaired) electrons. The summed E-state index contributed by atoms with van der Waals surface area (Å²) in [6.07, 6.45) is 0. The van der Waals surface area contributed by atoms with Gasteiger partial charge in [-0.3, -0.25) is 4.79 Å². The minimum atomic E-state index is -0.588. The van der Waals surface area contributed by atoms with Crippen LogP contribution in [-0.2, 0) is 6.61 Å². The third kappa shape index (κ3) is 3.73. The molecule has 0 atom stereocenters. The number of amides is 1. The fourth-order valence-electron chi connectivity index (χ4n) is 2.18. The summed E-state index contributed by atoms with van der Waals surface area (Å²) in [5.41, 5.74) is 6.47. The molecule has 0 heterocycles. The second kappa shape index (κ2) is 7.92. The summed E-state index contributed by atoms with van der Waals surface area (Å²) in [7, 11) is 4.62. The Bertz CT molecular complexity index is 748. The highest BCUT2D eigenvalue weighted by Crippen LogP contribution is 2.36. The molecule has 2 aromatic carbocycles. The van der Waals surface area contributed by atoms with Crippen molar-refractivity contribution in [3.63, 3.8) is 0 Å². The summed E-state index contributed by atoms with van der Waals surface area (Å²) in [5.74, 6) is 1.32. The fraction of sp³-hybridized carbons (Fsp3) is 0.235. The number of carbonyl (C=O) groups is 1. The molecule has 6 nitrogen and oxygen atoms in total. The first-order valence-electron chi connectivity index (χ1n) is 7.01. The van der Waals surface area contributed by atoms with Gasteiger partial charge in [0.25, 0.3) is 5.91 Å². The van der Waals surface area contributed by atoms with Gasteiger partial charge in [0.2, 0.25) is 0 Å². The molecular formula is C17H18BrNO5. The van der Waals surface area contributed by atoms with Gasteiger partial charge in [-0.1, -0.05) is 22.0 Å². The first-order valence-corrected chi connectivity index (χ1v) is 7.81. The maximum absolute atomic E-state index is 11.6. The van der Waals surface area contributed by atoms with Crippen LogP contribution in [0.5, 0.6) is 23.0 Å². The van der Waals surface area contributed by atoms with Crippen LogP contribution in [-0.4, -0.2) is 27.2 Å². The van der Waals surface area contributed by atoms with E-state index in [0.29, 0.717) is 23.0 Å². The van der Waals surface area contributed by atoms with Crippen LogP contribution in [0.25, 0.3) is 0 Å². The number of carbonyl (C=O) groups excluding carboxylic acids is 1. The van der Waals surface area contributed by atoms with Crippen LogP contribution in [0, 0.1) is 0 Å². The van der Waals surface area contributed by atoms with E-state index in [2.05, 4.69) is 15.9 Å². The molecule has 7 heteroatoms. The molecule has 0 saturated carbocycles. The number of nitrogens with two attached hydrogens (primary N) is 1. The third-order valence-corrected chi connectivity index (χ3v) is 4.13. The number of para-hydroxylation sites is 1. The third-order valence-electron chi connectivity index (χ3n) is 3.39. The van der Waals surface area contributed by atoms with Gasteiger partial charge in [0.1, 0.15) is 6.61 Å². The minimum Gasteiger partial charge on any atom is -0.493 e. The van der Waals surface area contributed by atoms with E-state index in [9.17, 15) is 4.79 Å². The summed E-state index contributed by atoms with van der Waals surface area (Å²) in [4.78, 5) is 11.6. The van der Waals surface area contributed by atoms with Crippen molar-refractivity contribution in [2.45, 2.75) is 6.61 Å². The molecule has 2 aromatic rings. The number of methoxy groups -OCH3 is 3. The lowest BCUT2D eigenvalue weighted by Gasteiger charge is -2.15. The lowest BCUT2D eigenvalue weighted by Crippen LogP contribution is -2.13.